The molecule has 1 aliphatic carbocycles. The van der Waals surface area contributed by atoms with E-state index in [1.807, 2.05) is 31.2 Å². The lowest BCUT2D eigenvalue weighted by Gasteiger charge is -2.13. The monoisotopic (exact) mass is 279 g/mol. The molecule has 0 saturated heterocycles. The van der Waals surface area contributed by atoms with Crippen LogP contribution < -0.4 is 5.63 Å². The molecule has 3 nitrogen and oxygen atoms in total. The zero-order valence-electron chi connectivity index (χ0n) is 12.1. The Hall–Kier alpha value is -2.16. The van der Waals surface area contributed by atoms with E-state index in [0.29, 0.717) is 11.0 Å². The lowest BCUT2D eigenvalue weighted by molar-refractivity contribution is 0.569. The van der Waals surface area contributed by atoms with Crippen molar-refractivity contribution in [3.8, 4) is 0 Å². The molecule has 0 saturated carbocycles. The Bertz CT molecular complexity index is 908. The molecule has 21 heavy (non-hydrogen) atoms. The Kier molecular flexibility index (Phi) is 2.81. The molecular weight excluding hydrogens is 262 g/mol. The van der Waals surface area contributed by atoms with Crippen LogP contribution in [-0.2, 0) is 12.8 Å². The molecule has 0 amide bonds. The summed E-state index contributed by atoms with van der Waals surface area (Å²) in [6.45, 7) is 1.92. The first-order valence-electron chi connectivity index (χ1n) is 7.59. The molecule has 3 aromatic rings. The van der Waals surface area contributed by atoms with Gasteiger partial charge in [0.2, 0.25) is 0 Å². The molecule has 0 atom stereocenters. The molecule has 1 aliphatic rings. The predicted molar refractivity (Wildman–Crippen MR) is 83.8 cm³/mol. The lowest BCUT2D eigenvalue weighted by Crippen LogP contribution is -2.08. The van der Waals surface area contributed by atoms with E-state index in [0.717, 1.165) is 29.3 Å². The maximum Gasteiger partial charge on any atom is 0.346 e. The summed E-state index contributed by atoms with van der Waals surface area (Å²) in [7, 11) is 0. The molecule has 1 aromatic carbocycles. The van der Waals surface area contributed by atoms with E-state index in [-0.39, 0.29) is 5.63 Å². The number of para-hydroxylation sites is 1. The molecule has 2 aromatic heterocycles. The average molecular weight is 279 g/mol. The maximum absolute atomic E-state index is 12.4. The van der Waals surface area contributed by atoms with Crippen LogP contribution in [0.4, 0.5) is 0 Å². The van der Waals surface area contributed by atoms with Gasteiger partial charge < -0.3 is 4.42 Å². The molecule has 0 N–H and O–H groups in total. The number of benzene rings is 1. The van der Waals surface area contributed by atoms with Crippen LogP contribution in [0.5, 0.6) is 0 Å². The van der Waals surface area contributed by atoms with E-state index < -0.39 is 0 Å². The smallest absolute Gasteiger partial charge is 0.346 e. The van der Waals surface area contributed by atoms with Crippen molar-refractivity contribution in [3.63, 3.8) is 0 Å². The standard InChI is InChI=1S/C18H17NO2/c1-11-16-17(12-7-3-2-4-9-14(12)19-11)13-8-5-6-10-15(13)21-18(16)20/h5-6,8,10H,2-4,7,9H2,1H3. The summed E-state index contributed by atoms with van der Waals surface area (Å²) in [5.41, 5.74) is 3.64. The molecule has 3 heteroatoms. The highest BCUT2D eigenvalue weighted by molar-refractivity contribution is 6.07. The van der Waals surface area contributed by atoms with E-state index in [2.05, 4.69) is 0 Å². The van der Waals surface area contributed by atoms with Crippen molar-refractivity contribution < 1.29 is 4.42 Å². The molecule has 0 unspecified atom stereocenters. The van der Waals surface area contributed by atoms with Gasteiger partial charge in [-0.2, -0.15) is 0 Å². The molecule has 2 heterocycles. The van der Waals surface area contributed by atoms with Crippen molar-refractivity contribution in [2.75, 3.05) is 0 Å². The number of hydrogen-bond acceptors (Lipinski definition) is 3. The first-order chi connectivity index (χ1) is 10.3. The summed E-state index contributed by atoms with van der Waals surface area (Å²) in [6, 6.07) is 7.82. The van der Waals surface area contributed by atoms with E-state index in [1.54, 1.807) is 0 Å². The van der Waals surface area contributed by atoms with Crippen molar-refractivity contribution in [2.45, 2.75) is 39.0 Å². The van der Waals surface area contributed by atoms with Crippen molar-refractivity contribution >= 4 is 21.7 Å². The number of pyridine rings is 1. The van der Waals surface area contributed by atoms with Crippen LogP contribution in [-0.4, -0.2) is 4.98 Å². The SMILES string of the molecule is Cc1nc2c(c3c1c(=O)oc1ccccc13)CCCCC2. The number of hydrogen-bond donors (Lipinski definition) is 0. The zero-order valence-corrected chi connectivity index (χ0v) is 12.1. The van der Waals surface area contributed by atoms with Crippen LogP contribution in [0.3, 0.4) is 0 Å². The summed E-state index contributed by atoms with van der Waals surface area (Å²) < 4.78 is 5.48. The molecule has 0 aliphatic heterocycles. The van der Waals surface area contributed by atoms with Gasteiger partial charge in [-0.1, -0.05) is 24.6 Å². The van der Waals surface area contributed by atoms with Gasteiger partial charge in [0, 0.05) is 16.5 Å². The van der Waals surface area contributed by atoms with Gasteiger partial charge in [0.1, 0.15) is 5.58 Å². The summed E-state index contributed by atoms with van der Waals surface area (Å²) in [6.07, 6.45) is 5.61. The molecular formula is C18H17NO2. The fourth-order valence-corrected chi connectivity index (χ4v) is 3.51. The van der Waals surface area contributed by atoms with Crippen LogP contribution in [0.1, 0.15) is 36.2 Å². The van der Waals surface area contributed by atoms with Crippen LogP contribution in [0.15, 0.2) is 33.5 Å². The number of rotatable bonds is 0. The molecule has 0 radical (unpaired) electrons. The van der Waals surface area contributed by atoms with Gasteiger partial charge in [-0.25, -0.2) is 4.79 Å². The fourth-order valence-electron chi connectivity index (χ4n) is 3.51. The maximum atomic E-state index is 12.4. The normalized spacial score (nSPS) is 15.1. The highest BCUT2D eigenvalue weighted by Gasteiger charge is 2.19. The van der Waals surface area contributed by atoms with Gasteiger partial charge in [-0.3, -0.25) is 4.98 Å². The fraction of sp³-hybridized carbons (Fsp3) is 0.333. The largest absolute Gasteiger partial charge is 0.422 e. The van der Waals surface area contributed by atoms with Crippen molar-refractivity contribution in [1.82, 2.24) is 4.98 Å². The number of aromatic nitrogens is 1. The molecule has 0 fully saturated rings. The highest BCUT2D eigenvalue weighted by atomic mass is 16.4. The second kappa shape index (κ2) is 4.69. The van der Waals surface area contributed by atoms with Crippen LogP contribution in [0, 0.1) is 6.92 Å². The molecule has 0 bridgehead atoms. The highest BCUT2D eigenvalue weighted by Crippen LogP contribution is 2.32. The van der Waals surface area contributed by atoms with Gasteiger partial charge in [0.25, 0.3) is 0 Å². The predicted octanol–water partition coefficient (Wildman–Crippen LogP) is 3.92. The Balaban J connectivity index is 2.27. The second-order valence-electron chi connectivity index (χ2n) is 5.82. The average Bonchev–Trinajstić information content (AvgIpc) is 2.72. The van der Waals surface area contributed by atoms with E-state index in [1.165, 1.54) is 30.5 Å². The third-order valence-corrected chi connectivity index (χ3v) is 4.47. The van der Waals surface area contributed by atoms with Gasteiger partial charge in [0.05, 0.1) is 11.1 Å². The summed E-state index contributed by atoms with van der Waals surface area (Å²) in [5.74, 6) is 0. The Morgan fingerprint density at radius 1 is 1.05 bits per heavy atom. The minimum Gasteiger partial charge on any atom is -0.422 e. The summed E-state index contributed by atoms with van der Waals surface area (Å²) in [5, 5.41) is 2.77. The Morgan fingerprint density at radius 2 is 1.86 bits per heavy atom. The first kappa shape index (κ1) is 12.6. The first-order valence-corrected chi connectivity index (χ1v) is 7.59. The number of fused-ring (bicyclic) bond motifs is 5. The third kappa shape index (κ3) is 1.88. The summed E-state index contributed by atoms with van der Waals surface area (Å²) in [4.78, 5) is 17.1. The van der Waals surface area contributed by atoms with Crippen molar-refractivity contribution in [3.05, 3.63) is 51.6 Å². The van der Waals surface area contributed by atoms with E-state index >= 15 is 0 Å². The second-order valence-corrected chi connectivity index (χ2v) is 5.82. The zero-order chi connectivity index (χ0) is 14.4. The number of nitrogens with zero attached hydrogens (tertiary/aromatic N) is 1. The minimum absolute atomic E-state index is 0.263. The lowest BCUT2D eigenvalue weighted by atomic mass is 9.97. The number of aryl methyl sites for hydroxylation is 3. The Labute approximate surface area is 122 Å². The van der Waals surface area contributed by atoms with Crippen LogP contribution in [0.2, 0.25) is 0 Å². The molecule has 106 valence electrons. The van der Waals surface area contributed by atoms with Crippen LogP contribution >= 0.6 is 0 Å². The summed E-state index contributed by atoms with van der Waals surface area (Å²) >= 11 is 0. The van der Waals surface area contributed by atoms with Crippen LogP contribution in [0.25, 0.3) is 21.7 Å². The topological polar surface area (TPSA) is 43.1 Å². The molecule has 4 rings (SSSR count). The van der Waals surface area contributed by atoms with E-state index in [9.17, 15) is 4.79 Å². The minimum atomic E-state index is -0.263. The quantitative estimate of drug-likeness (QED) is 0.356. The van der Waals surface area contributed by atoms with Crippen molar-refractivity contribution in [1.29, 1.82) is 0 Å². The van der Waals surface area contributed by atoms with E-state index in [4.69, 9.17) is 9.40 Å². The Morgan fingerprint density at radius 3 is 2.76 bits per heavy atom. The van der Waals surface area contributed by atoms with Gasteiger partial charge in [0.15, 0.2) is 0 Å². The van der Waals surface area contributed by atoms with Gasteiger partial charge >= 0.3 is 5.63 Å². The molecule has 0 spiro atoms. The van der Waals surface area contributed by atoms with Crippen molar-refractivity contribution in [2.24, 2.45) is 0 Å². The third-order valence-electron chi connectivity index (χ3n) is 4.47. The van der Waals surface area contributed by atoms with Gasteiger partial charge in [-0.05, 0) is 44.2 Å². The van der Waals surface area contributed by atoms with Gasteiger partial charge in [-0.15, -0.1) is 0 Å².